The first kappa shape index (κ1) is 15.1. The van der Waals surface area contributed by atoms with Gasteiger partial charge >= 0.3 is 0 Å². The largest absolute Gasteiger partial charge is 0.490 e. The summed E-state index contributed by atoms with van der Waals surface area (Å²) in [7, 11) is 0. The summed E-state index contributed by atoms with van der Waals surface area (Å²) in [5.41, 5.74) is 17.7. The zero-order valence-electron chi connectivity index (χ0n) is 11.5. The van der Waals surface area contributed by atoms with Crippen molar-refractivity contribution in [2.75, 3.05) is 13.2 Å². The highest BCUT2D eigenvalue weighted by molar-refractivity contribution is 5.41. The Morgan fingerprint density at radius 2 is 1.05 bits per heavy atom. The minimum atomic E-state index is 0.374. The smallest absolute Gasteiger partial charge is 0.122 e. The SMILES string of the molecule is [N-]=[N+]=Nc1ccc(OCCOc2ccc(N=[N+]=[N-])cc2)cc1. The van der Waals surface area contributed by atoms with Crippen LogP contribution in [0.1, 0.15) is 0 Å². The Morgan fingerprint density at radius 1 is 0.682 bits per heavy atom. The average Bonchev–Trinajstić information content (AvgIpc) is 2.55. The summed E-state index contributed by atoms with van der Waals surface area (Å²) in [6.07, 6.45) is 0. The van der Waals surface area contributed by atoms with Crippen LogP contribution < -0.4 is 9.47 Å². The molecule has 0 bridgehead atoms. The molecule has 2 aromatic carbocycles. The van der Waals surface area contributed by atoms with E-state index in [1.807, 2.05) is 0 Å². The van der Waals surface area contributed by atoms with Crippen LogP contribution in [0.5, 0.6) is 11.5 Å². The Balaban J connectivity index is 1.76. The summed E-state index contributed by atoms with van der Waals surface area (Å²) in [4.78, 5) is 5.40. The molecule has 0 aliphatic carbocycles. The number of benzene rings is 2. The van der Waals surface area contributed by atoms with Crippen molar-refractivity contribution in [3.05, 3.63) is 69.4 Å². The average molecular weight is 296 g/mol. The van der Waals surface area contributed by atoms with Crippen molar-refractivity contribution in [3.8, 4) is 11.5 Å². The topological polar surface area (TPSA) is 116 Å². The number of hydrogen-bond acceptors (Lipinski definition) is 4. The van der Waals surface area contributed by atoms with Crippen LogP contribution in [0.2, 0.25) is 0 Å². The second-order valence-corrected chi connectivity index (χ2v) is 4.06. The molecule has 0 amide bonds. The molecule has 8 nitrogen and oxygen atoms in total. The normalized spacial score (nSPS) is 9.27. The summed E-state index contributed by atoms with van der Waals surface area (Å²) in [6, 6.07) is 13.6. The van der Waals surface area contributed by atoms with Gasteiger partial charge in [0.05, 0.1) is 0 Å². The van der Waals surface area contributed by atoms with Gasteiger partial charge in [0, 0.05) is 21.2 Å². The van der Waals surface area contributed by atoms with Gasteiger partial charge < -0.3 is 9.47 Å². The molecule has 0 aromatic heterocycles. The predicted molar refractivity (Wildman–Crippen MR) is 81.5 cm³/mol. The highest BCUT2D eigenvalue weighted by Crippen LogP contribution is 2.19. The molecule has 0 aliphatic heterocycles. The first-order valence-electron chi connectivity index (χ1n) is 6.38. The Morgan fingerprint density at radius 3 is 1.36 bits per heavy atom. The van der Waals surface area contributed by atoms with E-state index < -0.39 is 0 Å². The fourth-order valence-corrected chi connectivity index (χ4v) is 1.64. The number of azide groups is 2. The van der Waals surface area contributed by atoms with Crippen molar-refractivity contribution < 1.29 is 9.47 Å². The molecule has 0 spiro atoms. The van der Waals surface area contributed by atoms with E-state index in [0.717, 1.165) is 0 Å². The maximum atomic E-state index is 8.30. The summed E-state index contributed by atoms with van der Waals surface area (Å²) >= 11 is 0. The maximum absolute atomic E-state index is 8.30. The van der Waals surface area contributed by atoms with Gasteiger partial charge in [0.2, 0.25) is 0 Å². The van der Waals surface area contributed by atoms with Crippen LogP contribution in [-0.4, -0.2) is 13.2 Å². The molecule has 0 fully saturated rings. The summed E-state index contributed by atoms with van der Waals surface area (Å²) in [5.74, 6) is 1.33. The van der Waals surface area contributed by atoms with Gasteiger partial charge in [-0.25, -0.2) is 0 Å². The van der Waals surface area contributed by atoms with Crippen LogP contribution in [-0.2, 0) is 0 Å². The Labute approximate surface area is 126 Å². The first-order chi connectivity index (χ1) is 10.8. The van der Waals surface area contributed by atoms with E-state index in [0.29, 0.717) is 36.1 Å². The van der Waals surface area contributed by atoms with E-state index in [1.165, 1.54) is 0 Å². The molecule has 110 valence electrons. The molecule has 2 rings (SSSR count). The third-order valence-electron chi connectivity index (χ3n) is 2.61. The molecule has 0 unspecified atom stereocenters. The highest BCUT2D eigenvalue weighted by atomic mass is 16.5. The maximum Gasteiger partial charge on any atom is 0.122 e. The number of hydrogen-bond donors (Lipinski definition) is 0. The van der Waals surface area contributed by atoms with Gasteiger partial charge in [-0.15, -0.1) is 0 Å². The van der Waals surface area contributed by atoms with E-state index in [-0.39, 0.29) is 0 Å². The third kappa shape index (κ3) is 4.64. The summed E-state index contributed by atoms with van der Waals surface area (Å²) < 4.78 is 11.0. The molecule has 8 heteroatoms. The van der Waals surface area contributed by atoms with Crippen LogP contribution in [0.4, 0.5) is 11.4 Å². The van der Waals surface area contributed by atoms with Crippen LogP contribution in [0.3, 0.4) is 0 Å². The van der Waals surface area contributed by atoms with E-state index in [1.54, 1.807) is 48.5 Å². The van der Waals surface area contributed by atoms with E-state index in [4.69, 9.17) is 20.5 Å². The van der Waals surface area contributed by atoms with Crippen LogP contribution >= 0.6 is 0 Å². The van der Waals surface area contributed by atoms with Gasteiger partial charge in [-0.2, -0.15) is 0 Å². The lowest BCUT2D eigenvalue weighted by Gasteiger charge is -2.08. The van der Waals surface area contributed by atoms with Crippen molar-refractivity contribution >= 4 is 11.4 Å². The molecule has 0 heterocycles. The van der Waals surface area contributed by atoms with Gasteiger partial charge in [0.15, 0.2) is 0 Å². The van der Waals surface area contributed by atoms with E-state index in [2.05, 4.69) is 20.1 Å². The number of ether oxygens (including phenoxy) is 2. The fourth-order valence-electron chi connectivity index (χ4n) is 1.64. The second kappa shape index (κ2) is 8.06. The predicted octanol–water partition coefficient (Wildman–Crippen LogP) is 5.03. The molecule has 22 heavy (non-hydrogen) atoms. The first-order valence-corrected chi connectivity index (χ1v) is 6.38. The van der Waals surface area contributed by atoms with E-state index >= 15 is 0 Å². The zero-order chi connectivity index (χ0) is 15.6. The Bertz CT molecular complexity index is 638. The van der Waals surface area contributed by atoms with Crippen LogP contribution in [0.25, 0.3) is 20.9 Å². The van der Waals surface area contributed by atoms with Gasteiger partial charge in [0.25, 0.3) is 0 Å². The lowest BCUT2D eigenvalue weighted by Crippen LogP contribution is -2.08. The zero-order valence-corrected chi connectivity index (χ0v) is 11.5. The van der Waals surface area contributed by atoms with Gasteiger partial charge in [-0.3, -0.25) is 0 Å². The minimum Gasteiger partial charge on any atom is -0.490 e. The van der Waals surface area contributed by atoms with Crippen LogP contribution in [0, 0.1) is 0 Å². The van der Waals surface area contributed by atoms with E-state index in [9.17, 15) is 0 Å². The molecule has 2 aromatic rings. The van der Waals surface area contributed by atoms with Gasteiger partial charge in [-0.05, 0) is 59.6 Å². The lowest BCUT2D eigenvalue weighted by atomic mass is 10.3. The van der Waals surface area contributed by atoms with Crippen molar-refractivity contribution in [1.82, 2.24) is 0 Å². The summed E-state index contributed by atoms with van der Waals surface area (Å²) in [6.45, 7) is 0.748. The highest BCUT2D eigenvalue weighted by Gasteiger charge is 1.97. The lowest BCUT2D eigenvalue weighted by molar-refractivity contribution is 0.217. The number of rotatable bonds is 7. The Hall–Kier alpha value is -3.34. The fraction of sp³-hybridized carbons (Fsp3) is 0.143. The molecule has 0 saturated carbocycles. The molecular weight excluding hydrogens is 284 g/mol. The second-order valence-electron chi connectivity index (χ2n) is 4.06. The van der Waals surface area contributed by atoms with Crippen molar-refractivity contribution in [3.63, 3.8) is 0 Å². The van der Waals surface area contributed by atoms with Crippen molar-refractivity contribution in [2.24, 2.45) is 10.2 Å². The van der Waals surface area contributed by atoms with Crippen LogP contribution in [0.15, 0.2) is 58.8 Å². The molecule has 0 saturated heterocycles. The monoisotopic (exact) mass is 296 g/mol. The quantitative estimate of drug-likeness (QED) is 0.308. The standard InChI is InChI=1S/C14H12N6O2/c15-19-17-11-1-5-13(6-2-11)21-9-10-22-14-7-3-12(4-8-14)18-20-16/h1-8H,9-10H2. The molecular formula is C14H12N6O2. The minimum absolute atomic E-state index is 0.374. The van der Waals surface area contributed by atoms with Gasteiger partial charge in [0.1, 0.15) is 24.7 Å². The van der Waals surface area contributed by atoms with Gasteiger partial charge in [-0.1, -0.05) is 10.2 Å². The van der Waals surface area contributed by atoms with Crippen molar-refractivity contribution in [2.45, 2.75) is 0 Å². The molecule has 0 radical (unpaired) electrons. The molecule has 0 N–H and O–H groups in total. The molecule has 0 atom stereocenters. The third-order valence-corrected chi connectivity index (χ3v) is 2.61. The van der Waals surface area contributed by atoms with Crippen molar-refractivity contribution in [1.29, 1.82) is 0 Å². The summed E-state index contributed by atoms with van der Waals surface area (Å²) in [5, 5.41) is 6.95. The molecule has 0 aliphatic rings. The Kier molecular flexibility index (Phi) is 5.52. The number of nitrogens with zero attached hydrogens (tertiary/aromatic N) is 6.